The number of hydrogen-bond donors (Lipinski definition) is 3. The first-order valence-electron chi connectivity index (χ1n) is 6.88. The van der Waals surface area contributed by atoms with Crippen molar-refractivity contribution >= 4 is 11.9 Å². The minimum Gasteiger partial charge on any atom is -0.481 e. The zero-order valence-electron chi connectivity index (χ0n) is 12.7. The van der Waals surface area contributed by atoms with E-state index in [2.05, 4.69) is 10.6 Å². The summed E-state index contributed by atoms with van der Waals surface area (Å²) in [5.74, 6) is -1.54. The summed E-state index contributed by atoms with van der Waals surface area (Å²) >= 11 is 0. The Kier molecular flexibility index (Phi) is 7.68. The molecule has 19 heavy (non-hydrogen) atoms. The van der Waals surface area contributed by atoms with Crippen LogP contribution in [0.15, 0.2) is 0 Å². The van der Waals surface area contributed by atoms with E-state index in [9.17, 15) is 9.59 Å². The monoisotopic (exact) mass is 272 g/mol. The molecule has 0 rings (SSSR count). The summed E-state index contributed by atoms with van der Waals surface area (Å²) in [4.78, 5) is 22.7. The highest BCUT2D eigenvalue weighted by Gasteiger charge is 2.24. The predicted octanol–water partition coefficient (Wildman–Crippen LogP) is 1.63. The standard InChI is InChI=1S/C14H28N2O3/c1-6-10(2)15-9-12(17)16-8-11(13(18)19)7-14(3,4)5/h10-11,15H,6-9H2,1-5H3,(H,16,17)(H,18,19). The van der Waals surface area contributed by atoms with Crippen molar-refractivity contribution < 1.29 is 14.7 Å². The third-order valence-corrected chi connectivity index (χ3v) is 2.98. The Labute approximate surface area is 116 Å². The van der Waals surface area contributed by atoms with Crippen molar-refractivity contribution in [3.8, 4) is 0 Å². The number of carboxylic acids is 1. The van der Waals surface area contributed by atoms with Crippen LogP contribution in [0.1, 0.15) is 47.5 Å². The first kappa shape index (κ1) is 17.9. The summed E-state index contributed by atoms with van der Waals surface area (Å²) in [5.41, 5.74) is -0.0667. The number of carbonyl (C=O) groups excluding carboxylic acids is 1. The topological polar surface area (TPSA) is 78.4 Å². The number of carboxylic acid groups (broad SMARTS) is 1. The van der Waals surface area contributed by atoms with Gasteiger partial charge in [0.25, 0.3) is 0 Å². The van der Waals surface area contributed by atoms with Gasteiger partial charge in [-0.25, -0.2) is 0 Å². The molecule has 0 bridgehead atoms. The van der Waals surface area contributed by atoms with E-state index in [4.69, 9.17) is 5.11 Å². The molecular weight excluding hydrogens is 244 g/mol. The van der Waals surface area contributed by atoms with E-state index in [-0.39, 0.29) is 30.5 Å². The average molecular weight is 272 g/mol. The van der Waals surface area contributed by atoms with E-state index in [0.717, 1.165) is 6.42 Å². The molecule has 0 spiro atoms. The average Bonchev–Trinajstić information content (AvgIpc) is 2.29. The molecule has 5 nitrogen and oxygen atoms in total. The van der Waals surface area contributed by atoms with E-state index in [0.29, 0.717) is 6.42 Å². The molecule has 1 amide bonds. The molecule has 0 aromatic carbocycles. The minimum absolute atomic E-state index is 0.0667. The molecule has 0 fully saturated rings. The van der Waals surface area contributed by atoms with Crippen LogP contribution in [0.3, 0.4) is 0 Å². The van der Waals surface area contributed by atoms with Gasteiger partial charge < -0.3 is 15.7 Å². The Hall–Kier alpha value is -1.10. The lowest BCUT2D eigenvalue weighted by Crippen LogP contribution is -2.41. The molecule has 0 aliphatic carbocycles. The molecule has 0 aliphatic heterocycles. The lowest BCUT2D eigenvalue weighted by atomic mass is 9.84. The molecule has 0 heterocycles. The molecule has 0 radical (unpaired) electrons. The van der Waals surface area contributed by atoms with Crippen molar-refractivity contribution in [3.63, 3.8) is 0 Å². The van der Waals surface area contributed by atoms with Crippen LogP contribution in [0.5, 0.6) is 0 Å². The molecule has 3 N–H and O–H groups in total. The van der Waals surface area contributed by atoms with E-state index in [1.165, 1.54) is 0 Å². The number of carbonyl (C=O) groups is 2. The second-order valence-electron chi connectivity index (χ2n) is 6.29. The normalized spacial score (nSPS) is 14.8. The number of aliphatic carboxylic acids is 1. The first-order chi connectivity index (χ1) is 8.65. The molecule has 112 valence electrons. The van der Waals surface area contributed by atoms with Gasteiger partial charge in [0.15, 0.2) is 0 Å². The van der Waals surface area contributed by atoms with Crippen LogP contribution in [0.4, 0.5) is 0 Å². The third-order valence-electron chi connectivity index (χ3n) is 2.98. The molecule has 2 unspecified atom stereocenters. The number of nitrogens with one attached hydrogen (secondary N) is 2. The van der Waals surface area contributed by atoms with Crippen LogP contribution in [-0.4, -0.2) is 36.1 Å². The molecule has 5 heteroatoms. The van der Waals surface area contributed by atoms with Gasteiger partial charge in [0.05, 0.1) is 12.5 Å². The molecular formula is C14H28N2O3. The van der Waals surface area contributed by atoms with Crippen LogP contribution in [0.25, 0.3) is 0 Å². The Morgan fingerprint density at radius 1 is 1.26 bits per heavy atom. The maximum atomic E-state index is 11.6. The highest BCUT2D eigenvalue weighted by molar-refractivity contribution is 5.79. The van der Waals surface area contributed by atoms with Gasteiger partial charge in [0.2, 0.25) is 5.91 Å². The molecule has 2 atom stereocenters. The van der Waals surface area contributed by atoms with Crippen molar-refractivity contribution in [3.05, 3.63) is 0 Å². The zero-order valence-corrected chi connectivity index (χ0v) is 12.7. The lowest BCUT2D eigenvalue weighted by Gasteiger charge is -2.23. The van der Waals surface area contributed by atoms with Crippen molar-refractivity contribution in [2.45, 2.75) is 53.5 Å². The summed E-state index contributed by atoms with van der Waals surface area (Å²) in [5, 5.41) is 14.9. The highest BCUT2D eigenvalue weighted by Crippen LogP contribution is 2.24. The van der Waals surface area contributed by atoms with Gasteiger partial charge in [-0.3, -0.25) is 9.59 Å². The van der Waals surface area contributed by atoms with Crippen LogP contribution in [0.2, 0.25) is 0 Å². The van der Waals surface area contributed by atoms with Gasteiger partial charge in [-0.1, -0.05) is 27.7 Å². The van der Waals surface area contributed by atoms with Gasteiger partial charge in [0, 0.05) is 12.6 Å². The smallest absolute Gasteiger partial charge is 0.308 e. The second-order valence-corrected chi connectivity index (χ2v) is 6.29. The summed E-state index contributed by atoms with van der Waals surface area (Å²) in [6, 6.07) is 0.288. The first-order valence-corrected chi connectivity index (χ1v) is 6.88. The SMILES string of the molecule is CCC(C)NCC(=O)NCC(CC(C)(C)C)C(=O)O. The summed E-state index contributed by atoms with van der Waals surface area (Å²) in [6.45, 7) is 10.5. The Bertz CT molecular complexity index is 298. The van der Waals surface area contributed by atoms with E-state index in [1.807, 2.05) is 34.6 Å². The third kappa shape index (κ3) is 9.47. The van der Waals surface area contributed by atoms with Crippen molar-refractivity contribution in [1.29, 1.82) is 0 Å². The summed E-state index contributed by atoms with van der Waals surface area (Å²) < 4.78 is 0. The molecule has 0 saturated carbocycles. The van der Waals surface area contributed by atoms with Gasteiger partial charge in [-0.15, -0.1) is 0 Å². The van der Waals surface area contributed by atoms with E-state index < -0.39 is 11.9 Å². The van der Waals surface area contributed by atoms with Crippen molar-refractivity contribution in [1.82, 2.24) is 10.6 Å². The summed E-state index contributed by atoms with van der Waals surface area (Å²) in [7, 11) is 0. The molecule has 0 saturated heterocycles. The second kappa shape index (κ2) is 8.15. The van der Waals surface area contributed by atoms with Crippen LogP contribution in [-0.2, 0) is 9.59 Å². The van der Waals surface area contributed by atoms with Gasteiger partial charge >= 0.3 is 5.97 Å². The largest absolute Gasteiger partial charge is 0.481 e. The predicted molar refractivity (Wildman–Crippen MR) is 76.0 cm³/mol. The quantitative estimate of drug-likeness (QED) is 0.627. The Balaban J connectivity index is 4.11. The minimum atomic E-state index is -0.856. The zero-order chi connectivity index (χ0) is 15.1. The summed E-state index contributed by atoms with van der Waals surface area (Å²) in [6.07, 6.45) is 1.50. The van der Waals surface area contributed by atoms with Gasteiger partial charge in [-0.2, -0.15) is 0 Å². The molecule has 0 aromatic rings. The van der Waals surface area contributed by atoms with Gasteiger partial charge in [0.1, 0.15) is 0 Å². The van der Waals surface area contributed by atoms with Crippen LogP contribution < -0.4 is 10.6 Å². The van der Waals surface area contributed by atoms with Crippen LogP contribution in [0, 0.1) is 11.3 Å². The fourth-order valence-electron chi connectivity index (χ4n) is 1.70. The maximum absolute atomic E-state index is 11.6. The maximum Gasteiger partial charge on any atom is 0.308 e. The highest BCUT2D eigenvalue weighted by atomic mass is 16.4. The molecule has 0 aromatic heterocycles. The Morgan fingerprint density at radius 2 is 1.84 bits per heavy atom. The Morgan fingerprint density at radius 3 is 2.26 bits per heavy atom. The lowest BCUT2D eigenvalue weighted by molar-refractivity contribution is -0.142. The fourth-order valence-corrected chi connectivity index (χ4v) is 1.70. The number of amides is 1. The van der Waals surface area contributed by atoms with Crippen molar-refractivity contribution in [2.75, 3.05) is 13.1 Å². The fraction of sp³-hybridized carbons (Fsp3) is 0.857. The van der Waals surface area contributed by atoms with Crippen LogP contribution >= 0.6 is 0 Å². The number of hydrogen-bond acceptors (Lipinski definition) is 3. The van der Waals surface area contributed by atoms with Crippen molar-refractivity contribution in [2.24, 2.45) is 11.3 Å². The number of rotatable bonds is 8. The van der Waals surface area contributed by atoms with E-state index >= 15 is 0 Å². The van der Waals surface area contributed by atoms with E-state index in [1.54, 1.807) is 0 Å². The molecule has 0 aliphatic rings. The van der Waals surface area contributed by atoms with Gasteiger partial charge in [-0.05, 0) is 25.2 Å².